The zero-order chi connectivity index (χ0) is 15.5. The van der Waals surface area contributed by atoms with Gasteiger partial charge < -0.3 is 10.1 Å². The molecule has 2 aromatic rings. The van der Waals surface area contributed by atoms with Gasteiger partial charge in [-0.1, -0.05) is 11.3 Å². The van der Waals surface area contributed by atoms with Gasteiger partial charge in [-0.2, -0.15) is 0 Å². The van der Waals surface area contributed by atoms with Gasteiger partial charge in [-0.25, -0.2) is 9.97 Å². The number of hydrogen-bond donors (Lipinski definition) is 2. The smallest absolute Gasteiger partial charge is 0.261 e. The number of fused-ring (bicyclic) bond motifs is 1. The van der Waals surface area contributed by atoms with Crippen molar-refractivity contribution in [2.75, 3.05) is 17.2 Å². The maximum absolute atomic E-state index is 12.5. The fourth-order valence-corrected chi connectivity index (χ4v) is 3.16. The van der Waals surface area contributed by atoms with Gasteiger partial charge in [-0.05, 0) is 26.0 Å². The van der Waals surface area contributed by atoms with Gasteiger partial charge in [-0.3, -0.25) is 10.1 Å². The van der Waals surface area contributed by atoms with Crippen LogP contribution in [-0.4, -0.2) is 28.5 Å². The van der Waals surface area contributed by atoms with E-state index in [9.17, 15) is 4.79 Å². The molecule has 0 unspecified atom stereocenters. The number of ether oxygens (including phenoxy) is 1. The van der Waals surface area contributed by atoms with Crippen molar-refractivity contribution < 1.29 is 9.53 Å². The Balaban J connectivity index is 1.78. The number of hydrogen-bond acceptors (Lipinski definition) is 6. The number of nitrogens with zero attached hydrogens (tertiary/aromatic N) is 2. The van der Waals surface area contributed by atoms with Crippen molar-refractivity contribution in [3.63, 3.8) is 0 Å². The van der Waals surface area contributed by atoms with Gasteiger partial charge in [0.05, 0.1) is 29.3 Å². The summed E-state index contributed by atoms with van der Waals surface area (Å²) in [5.41, 5.74) is 1.54. The van der Waals surface area contributed by atoms with Crippen molar-refractivity contribution in [1.82, 2.24) is 9.97 Å². The highest BCUT2D eigenvalue weighted by Gasteiger charge is 2.19. The molecule has 0 aromatic carbocycles. The van der Waals surface area contributed by atoms with Crippen molar-refractivity contribution >= 4 is 28.2 Å². The van der Waals surface area contributed by atoms with Gasteiger partial charge >= 0.3 is 0 Å². The van der Waals surface area contributed by atoms with Crippen LogP contribution in [0.25, 0.3) is 0 Å². The number of carbonyl (C=O) groups is 1. The van der Waals surface area contributed by atoms with Gasteiger partial charge in [0.1, 0.15) is 5.82 Å². The Morgan fingerprint density at radius 3 is 3.09 bits per heavy atom. The van der Waals surface area contributed by atoms with Crippen LogP contribution in [-0.2, 0) is 17.8 Å². The molecule has 1 aliphatic rings. The molecule has 0 saturated heterocycles. The van der Waals surface area contributed by atoms with E-state index in [4.69, 9.17) is 4.74 Å². The van der Waals surface area contributed by atoms with Crippen molar-refractivity contribution in [2.45, 2.75) is 32.9 Å². The summed E-state index contributed by atoms with van der Waals surface area (Å²) in [5.74, 6) is 0.378. The van der Waals surface area contributed by atoms with E-state index < -0.39 is 0 Å². The number of thiazole rings is 1. The number of aromatic nitrogens is 2. The number of carbonyl (C=O) groups excluding carboxylic acids is 1. The molecule has 3 rings (SSSR count). The van der Waals surface area contributed by atoms with Gasteiger partial charge in [0.25, 0.3) is 5.91 Å². The first-order chi connectivity index (χ1) is 10.6. The summed E-state index contributed by atoms with van der Waals surface area (Å²) in [6, 6.07) is 3.70. The number of anilines is 2. The van der Waals surface area contributed by atoms with E-state index >= 15 is 0 Å². The topological polar surface area (TPSA) is 76.1 Å². The van der Waals surface area contributed by atoms with E-state index in [1.807, 2.05) is 13.8 Å². The highest BCUT2D eigenvalue weighted by molar-refractivity contribution is 7.15. The SMILES string of the molecule is CC(C)Nc1ncccc1C(=O)Nc1nc2c(s1)COCC2. The normalized spacial score (nSPS) is 13.8. The molecule has 1 aliphatic heterocycles. The van der Waals surface area contributed by atoms with E-state index in [1.165, 1.54) is 11.3 Å². The maximum atomic E-state index is 12.5. The number of rotatable bonds is 4. The summed E-state index contributed by atoms with van der Waals surface area (Å²) in [7, 11) is 0. The second-order valence-corrected chi connectivity index (χ2v) is 6.43. The van der Waals surface area contributed by atoms with Crippen LogP contribution in [0.15, 0.2) is 18.3 Å². The van der Waals surface area contributed by atoms with Gasteiger partial charge in [0, 0.05) is 18.7 Å². The predicted molar refractivity (Wildman–Crippen MR) is 86.4 cm³/mol. The van der Waals surface area contributed by atoms with Crippen LogP contribution in [0.3, 0.4) is 0 Å². The van der Waals surface area contributed by atoms with Crippen LogP contribution in [0.2, 0.25) is 0 Å². The third-order valence-electron chi connectivity index (χ3n) is 3.19. The van der Waals surface area contributed by atoms with Crippen LogP contribution in [0, 0.1) is 0 Å². The molecule has 0 fully saturated rings. The number of nitrogens with one attached hydrogen (secondary N) is 2. The summed E-state index contributed by atoms with van der Waals surface area (Å²) in [6.07, 6.45) is 2.47. The lowest BCUT2D eigenvalue weighted by molar-refractivity contribution is 0.102. The molecular weight excluding hydrogens is 300 g/mol. The zero-order valence-corrected chi connectivity index (χ0v) is 13.4. The van der Waals surface area contributed by atoms with Crippen LogP contribution in [0.1, 0.15) is 34.8 Å². The largest absolute Gasteiger partial charge is 0.375 e. The van der Waals surface area contributed by atoms with E-state index in [-0.39, 0.29) is 11.9 Å². The standard InChI is InChI=1S/C15H18N4O2S/c1-9(2)17-13-10(4-3-6-16-13)14(20)19-15-18-11-5-7-21-8-12(11)22-15/h3-4,6,9H,5,7-8H2,1-2H3,(H,16,17)(H,18,19,20). The molecule has 0 spiro atoms. The summed E-state index contributed by atoms with van der Waals surface area (Å²) >= 11 is 1.47. The monoisotopic (exact) mass is 318 g/mol. The minimum Gasteiger partial charge on any atom is -0.375 e. The molecule has 3 heterocycles. The van der Waals surface area contributed by atoms with Crippen LogP contribution in [0.5, 0.6) is 0 Å². The molecule has 1 amide bonds. The quantitative estimate of drug-likeness (QED) is 0.906. The summed E-state index contributed by atoms with van der Waals surface area (Å²) in [4.78, 5) is 22.3. The van der Waals surface area contributed by atoms with E-state index in [0.29, 0.717) is 29.7 Å². The van der Waals surface area contributed by atoms with Crippen LogP contribution >= 0.6 is 11.3 Å². The predicted octanol–water partition coefficient (Wildman–Crippen LogP) is 2.68. The van der Waals surface area contributed by atoms with Gasteiger partial charge in [0.15, 0.2) is 5.13 Å². The Kier molecular flexibility index (Phi) is 4.35. The van der Waals surface area contributed by atoms with Gasteiger partial charge in [0.2, 0.25) is 0 Å². The maximum Gasteiger partial charge on any atom is 0.261 e. The van der Waals surface area contributed by atoms with Crippen LogP contribution < -0.4 is 10.6 Å². The highest BCUT2D eigenvalue weighted by atomic mass is 32.1. The molecule has 0 atom stereocenters. The summed E-state index contributed by atoms with van der Waals surface area (Å²) in [5, 5.41) is 6.65. The van der Waals surface area contributed by atoms with E-state index in [1.54, 1.807) is 18.3 Å². The Morgan fingerprint density at radius 2 is 2.32 bits per heavy atom. The third-order valence-corrected chi connectivity index (χ3v) is 4.18. The Hall–Kier alpha value is -1.99. The molecule has 7 heteroatoms. The summed E-state index contributed by atoms with van der Waals surface area (Å²) < 4.78 is 5.40. The number of pyridine rings is 1. The van der Waals surface area contributed by atoms with Crippen molar-refractivity contribution in [3.05, 3.63) is 34.5 Å². The first kappa shape index (κ1) is 14.9. The Bertz CT molecular complexity index is 660. The summed E-state index contributed by atoms with van der Waals surface area (Å²) in [6.45, 7) is 5.28. The van der Waals surface area contributed by atoms with Crippen molar-refractivity contribution in [3.8, 4) is 0 Å². The second-order valence-electron chi connectivity index (χ2n) is 5.34. The second kappa shape index (κ2) is 6.41. The highest BCUT2D eigenvalue weighted by Crippen LogP contribution is 2.27. The lowest BCUT2D eigenvalue weighted by Gasteiger charge is -2.12. The molecule has 6 nitrogen and oxygen atoms in total. The molecule has 0 aliphatic carbocycles. The minimum atomic E-state index is -0.205. The lowest BCUT2D eigenvalue weighted by Crippen LogP contribution is -2.18. The molecule has 2 N–H and O–H groups in total. The van der Waals surface area contributed by atoms with Crippen LogP contribution in [0.4, 0.5) is 10.9 Å². The molecule has 116 valence electrons. The van der Waals surface area contributed by atoms with E-state index in [2.05, 4.69) is 20.6 Å². The molecule has 0 radical (unpaired) electrons. The molecule has 0 bridgehead atoms. The minimum absolute atomic E-state index is 0.200. The fraction of sp³-hybridized carbons (Fsp3) is 0.400. The Morgan fingerprint density at radius 1 is 1.45 bits per heavy atom. The molecule has 0 saturated carbocycles. The van der Waals surface area contributed by atoms with Gasteiger partial charge in [-0.15, -0.1) is 0 Å². The molecular formula is C15H18N4O2S. The molecule has 22 heavy (non-hydrogen) atoms. The zero-order valence-electron chi connectivity index (χ0n) is 12.5. The van der Waals surface area contributed by atoms with Crippen molar-refractivity contribution in [2.24, 2.45) is 0 Å². The number of amides is 1. The molecule has 2 aromatic heterocycles. The first-order valence-corrected chi connectivity index (χ1v) is 8.04. The average molecular weight is 318 g/mol. The Labute approximate surface area is 132 Å². The van der Waals surface area contributed by atoms with E-state index in [0.717, 1.165) is 17.0 Å². The third kappa shape index (κ3) is 3.26. The van der Waals surface area contributed by atoms with Crippen molar-refractivity contribution in [1.29, 1.82) is 0 Å². The first-order valence-electron chi connectivity index (χ1n) is 7.22. The fourth-order valence-electron chi connectivity index (χ4n) is 2.22. The average Bonchev–Trinajstić information content (AvgIpc) is 2.89. The lowest BCUT2D eigenvalue weighted by atomic mass is 10.2.